The van der Waals surface area contributed by atoms with Crippen LogP contribution in [0.3, 0.4) is 0 Å². The quantitative estimate of drug-likeness (QED) is 0.677. The molecule has 2 rings (SSSR count). The first-order chi connectivity index (χ1) is 10.9. The minimum Gasteiger partial charge on any atom is -0.274 e. The highest BCUT2D eigenvalue weighted by Gasteiger charge is 2.13. The lowest BCUT2D eigenvalue weighted by atomic mass is 10.2. The van der Waals surface area contributed by atoms with Crippen LogP contribution in [-0.2, 0) is 10.0 Å². The molecule has 1 amide bonds. The lowest BCUT2D eigenvalue weighted by Gasteiger charge is -2.16. The van der Waals surface area contributed by atoms with E-state index in [1.54, 1.807) is 24.3 Å². The summed E-state index contributed by atoms with van der Waals surface area (Å²) in [4.78, 5) is 12.1. The Kier molecular flexibility index (Phi) is 5.76. The third-order valence-electron chi connectivity index (χ3n) is 3.99. The Morgan fingerprint density at radius 3 is 2.17 bits per heavy atom. The van der Waals surface area contributed by atoms with Gasteiger partial charge in [0.1, 0.15) is 0 Å². The molecule has 1 saturated carbocycles. The van der Waals surface area contributed by atoms with Crippen molar-refractivity contribution in [2.24, 2.45) is 5.10 Å². The van der Waals surface area contributed by atoms with Crippen LogP contribution in [0.4, 0.5) is 5.69 Å². The van der Waals surface area contributed by atoms with Gasteiger partial charge in [0.2, 0.25) is 10.0 Å². The van der Waals surface area contributed by atoms with Crippen LogP contribution in [0.5, 0.6) is 0 Å². The molecule has 23 heavy (non-hydrogen) atoms. The smallest absolute Gasteiger partial charge is 0.271 e. The Bertz CT molecular complexity index is 671. The van der Waals surface area contributed by atoms with Crippen molar-refractivity contribution in [1.82, 2.24) is 5.43 Å². The van der Waals surface area contributed by atoms with Gasteiger partial charge in [-0.2, -0.15) is 5.10 Å². The van der Waals surface area contributed by atoms with Crippen LogP contribution in [0.25, 0.3) is 0 Å². The molecule has 6 nitrogen and oxygen atoms in total. The zero-order chi connectivity index (χ0) is 16.9. The minimum absolute atomic E-state index is 0.282. The maximum atomic E-state index is 12.1. The molecule has 0 atom stereocenters. The first-order valence-electron chi connectivity index (χ1n) is 7.77. The van der Waals surface area contributed by atoms with Gasteiger partial charge in [-0.1, -0.05) is 12.8 Å². The molecule has 1 N–H and O–H groups in total. The van der Waals surface area contributed by atoms with Crippen LogP contribution in [-0.4, -0.2) is 33.3 Å². The number of hydrogen-bond acceptors (Lipinski definition) is 4. The average Bonchev–Trinajstić information content (AvgIpc) is 2.80. The third kappa shape index (κ3) is 5.06. The van der Waals surface area contributed by atoms with Gasteiger partial charge in [0.15, 0.2) is 0 Å². The molecular formula is C16H23N3O3S. The van der Waals surface area contributed by atoms with Crippen molar-refractivity contribution in [2.45, 2.75) is 38.5 Å². The molecule has 1 fully saturated rings. The number of carbonyl (C=O) groups excluding carboxylic acids is 1. The summed E-state index contributed by atoms with van der Waals surface area (Å²) in [7, 11) is -1.83. The third-order valence-corrected chi connectivity index (χ3v) is 5.19. The molecule has 0 aliphatic heterocycles. The van der Waals surface area contributed by atoms with Crippen molar-refractivity contribution >= 4 is 27.3 Å². The highest BCUT2D eigenvalue weighted by molar-refractivity contribution is 7.92. The van der Waals surface area contributed by atoms with Crippen molar-refractivity contribution in [1.29, 1.82) is 0 Å². The van der Waals surface area contributed by atoms with Gasteiger partial charge >= 0.3 is 0 Å². The van der Waals surface area contributed by atoms with E-state index in [0.717, 1.165) is 37.7 Å². The van der Waals surface area contributed by atoms with Crippen molar-refractivity contribution in [3.05, 3.63) is 29.8 Å². The summed E-state index contributed by atoms with van der Waals surface area (Å²) in [6.45, 7) is 0. The van der Waals surface area contributed by atoms with Crippen LogP contribution in [0, 0.1) is 0 Å². The molecule has 0 radical (unpaired) electrons. The molecule has 1 aromatic carbocycles. The normalized spacial score (nSPS) is 15.7. The summed E-state index contributed by atoms with van der Waals surface area (Å²) in [6, 6.07) is 6.41. The summed E-state index contributed by atoms with van der Waals surface area (Å²) >= 11 is 0. The van der Waals surface area contributed by atoms with Gasteiger partial charge in [-0.15, -0.1) is 0 Å². The Labute approximate surface area is 137 Å². The van der Waals surface area contributed by atoms with E-state index in [0.29, 0.717) is 11.3 Å². The highest BCUT2D eigenvalue weighted by Crippen LogP contribution is 2.17. The van der Waals surface area contributed by atoms with E-state index in [-0.39, 0.29) is 5.91 Å². The monoisotopic (exact) mass is 337 g/mol. The van der Waals surface area contributed by atoms with Crippen LogP contribution < -0.4 is 9.73 Å². The summed E-state index contributed by atoms with van der Waals surface area (Å²) < 4.78 is 24.1. The number of sulfonamides is 1. The minimum atomic E-state index is -3.31. The van der Waals surface area contributed by atoms with Gasteiger partial charge in [0.25, 0.3) is 5.91 Å². The van der Waals surface area contributed by atoms with Crippen LogP contribution in [0.1, 0.15) is 48.9 Å². The molecule has 0 saturated heterocycles. The van der Waals surface area contributed by atoms with Gasteiger partial charge in [-0.05, 0) is 49.9 Å². The zero-order valence-electron chi connectivity index (χ0n) is 13.6. The van der Waals surface area contributed by atoms with Gasteiger partial charge in [-0.3, -0.25) is 9.10 Å². The van der Waals surface area contributed by atoms with Crippen molar-refractivity contribution < 1.29 is 13.2 Å². The first-order valence-corrected chi connectivity index (χ1v) is 9.62. The number of anilines is 1. The summed E-state index contributed by atoms with van der Waals surface area (Å²) in [5.41, 5.74) is 4.60. The van der Waals surface area contributed by atoms with Crippen molar-refractivity contribution in [3.63, 3.8) is 0 Å². The van der Waals surface area contributed by atoms with E-state index in [4.69, 9.17) is 0 Å². The molecular weight excluding hydrogens is 314 g/mol. The van der Waals surface area contributed by atoms with Gasteiger partial charge in [-0.25, -0.2) is 13.8 Å². The Morgan fingerprint density at radius 1 is 1.09 bits per heavy atom. The summed E-state index contributed by atoms with van der Waals surface area (Å²) in [5.74, 6) is -0.282. The van der Waals surface area contributed by atoms with Crippen LogP contribution >= 0.6 is 0 Å². The number of hydrogen-bond donors (Lipinski definition) is 1. The molecule has 1 aliphatic carbocycles. The van der Waals surface area contributed by atoms with E-state index in [2.05, 4.69) is 10.5 Å². The standard InChI is InChI=1S/C16H23N3O3S/c1-19(23(2,21)22)15-11-9-13(10-12-15)16(20)18-17-14-7-5-3-4-6-8-14/h9-12H,3-8H2,1-2H3,(H,18,20). The zero-order valence-corrected chi connectivity index (χ0v) is 14.4. The van der Waals surface area contributed by atoms with Gasteiger partial charge in [0, 0.05) is 18.3 Å². The molecule has 1 aliphatic rings. The molecule has 0 heterocycles. The highest BCUT2D eigenvalue weighted by atomic mass is 32.2. The van der Waals surface area contributed by atoms with E-state index in [1.165, 1.54) is 24.2 Å². The average molecular weight is 337 g/mol. The van der Waals surface area contributed by atoms with Gasteiger partial charge in [0.05, 0.1) is 11.9 Å². The number of nitrogens with one attached hydrogen (secondary N) is 1. The number of rotatable bonds is 4. The Hall–Kier alpha value is -1.89. The second kappa shape index (κ2) is 7.59. The number of amides is 1. The van der Waals surface area contributed by atoms with E-state index in [1.807, 2.05) is 0 Å². The summed E-state index contributed by atoms with van der Waals surface area (Å²) in [6.07, 6.45) is 7.72. The number of benzene rings is 1. The molecule has 1 aromatic rings. The van der Waals surface area contributed by atoms with Crippen LogP contribution in [0.2, 0.25) is 0 Å². The second-order valence-corrected chi connectivity index (χ2v) is 7.82. The Morgan fingerprint density at radius 2 is 1.65 bits per heavy atom. The fraction of sp³-hybridized carbons (Fsp3) is 0.500. The Balaban J connectivity index is 2.01. The molecule has 0 bridgehead atoms. The van der Waals surface area contributed by atoms with E-state index in [9.17, 15) is 13.2 Å². The van der Waals surface area contributed by atoms with Crippen LogP contribution in [0.15, 0.2) is 29.4 Å². The lowest BCUT2D eigenvalue weighted by Crippen LogP contribution is -2.25. The molecule has 0 unspecified atom stereocenters. The predicted molar refractivity (Wildman–Crippen MR) is 92.3 cm³/mol. The molecule has 0 spiro atoms. The first kappa shape index (κ1) is 17.5. The summed E-state index contributed by atoms with van der Waals surface area (Å²) in [5, 5.41) is 4.23. The maximum Gasteiger partial charge on any atom is 0.271 e. The number of carbonyl (C=O) groups is 1. The molecule has 0 aromatic heterocycles. The largest absolute Gasteiger partial charge is 0.274 e. The predicted octanol–water partition coefficient (Wildman–Crippen LogP) is 2.52. The van der Waals surface area contributed by atoms with E-state index < -0.39 is 10.0 Å². The number of hydrazone groups is 1. The topological polar surface area (TPSA) is 78.8 Å². The molecule has 7 heteroatoms. The molecule has 126 valence electrons. The van der Waals surface area contributed by atoms with Gasteiger partial charge < -0.3 is 0 Å². The second-order valence-electron chi connectivity index (χ2n) is 5.81. The van der Waals surface area contributed by atoms with E-state index >= 15 is 0 Å². The van der Waals surface area contributed by atoms with Crippen molar-refractivity contribution in [3.8, 4) is 0 Å². The fourth-order valence-electron chi connectivity index (χ4n) is 2.46. The van der Waals surface area contributed by atoms with Crippen molar-refractivity contribution in [2.75, 3.05) is 17.6 Å². The fourth-order valence-corrected chi connectivity index (χ4v) is 2.96. The maximum absolute atomic E-state index is 12.1. The lowest BCUT2D eigenvalue weighted by molar-refractivity contribution is 0.0954. The number of nitrogens with zero attached hydrogens (tertiary/aromatic N) is 2. The SMILES string of the molecule is CN(c1ccc(C(=O)NN=C2CCCCCC2)cc1)S(C)(=O)=O.